The zero-order chi connectivity index (χ0) is 19.3. The molecule has 3 aromatic carbocycles. The third-order valence-electron chi connectivity index (χ3n) is 4.37. The van der Waals surface area contributed by atoms with Gasteiger partial charge in [-0.2, -0.15) is 5.10 Å². The van der Waals surface area contributed by atoms with Gasteiger partial charge in [-0.3, -0.25) is 4.79 Å². The van der Waals surface area contributed by atoms with Gasteiger partial charge in [-0.1, -0.05) is 54.1 Å². The summed E-state index contributed by atoms with van der Waals surface area (Å²) in [5.41, 5.74) is 4.44. The van der Waals surface area contributed by atoms with E-state index < -0.39 is 0 Å². The molecule has 1 aromatic heterocycles. The summed E-state index contributed by atoms with van der Waals surface area (Å²) in [6, 6.07) is 25.0. The topological polar surface area (TPSA) is 54.6 Å². The first-order valence-corrected chi connectivity index (χ1v) is 9.21. The summed E-state index contributed by atoms with van der Waals surface area (Å²) in [6.07, 6.45) is 1.74. The quantitative estimate of drug-likeness (QED) is 0.365. The maximum Gasteiger partial charge on any atom is 0.244 e. The molecule has 0 spiro atoms. The van der Waals surface area contributed by atoms with Crippen molar-refractivity contribution in [2.24, 2.45) is 5.10 Å². The number of hydrazone groups is 1. The first kappa shape index (κ1) is 18.0. The van der Waals surface area contributed by atoms with Gasteiger partial charge in [0.1, 0.15) is 11.5 Å². The molecule has 0 unspecified atom stereocenters. The minimum Gasteiger partial charge on any atom is -0.455 e. The number of nitrogens with one attached hydrogen (secondary N) is 1. The van der Waals surface area contributed by atoms with Crippen LogP contribution < -0.4 is 5.43 Å². The number of rotatable bonds is 5. The van der Waals surface area contributed by atoms with Crippen molar-refractivity contribution in [3.05, 3.63) is 95.2 Å². The molecular formula is C23H17ClN2O2. The van der Waals surface area contributed by atoms with E-state index in [0.717, 1.165) is 21.9 Å². The molecule has 5 heteroatoms. The summed E-state index contributed by atoms with van der Waals surface area (Å²) >= 11 is 5.90. The highest BCUT2D eigenvalue weighted by molar-refractivity contribution is 6.30. The van der Waals surface area contributed by atoms with E-state index in [-0.39, 0.29) is 12.3 Å². The fourth-order valence-corrected chi connectivity index (χ4v) is 3.14. The van der Waals surface area contributed by atoms with Crippen LogP contribution in [0.25, 0.3) is 22.1 Å². The Labute approximate surface area is 167 Å². The van der Waals surface area contributed by atoms with E-state index in [0.29, 0.717) is 16.5 Å². The van der Waals surface area contributed by atoms with Crippen LogP contribution in [0.15, 0.2) is 88.4 Å². The van der Waals surface area contributed by atoms with Gasteiger partial charge in [0, 0.05) is 10.6 Å². The molecule has 0 radical (unpaired) electrons. The summed E-state index contributed by atoms with van der Waals surface area (Å²) < 4.78 is 5.72. The lowest BCUT2D eigenvalue weighted by Crippen LogP contribution is -2.19. The van der Waals surface area contributed by atoms with Gasteiger partial charge >= 0.3 is 0 Å². The monoisotopic (exact) mass is 388 g/mol. The molecule has 1 N–H and O–H groups in total. The highest BCUT2D eigenvalue weighted by atomic mass is 35.5. The van der Waals surface area contributed by atoms with Crippen LogP contribution in [0.3, 0.4) is 0 Å². The Bertz CT molecular complexity index is 1140. The van der Waals surface area contributed by atoms with Crippen LogP contribution in [-0.2, 0) is 11.2 Å². The van der Waals surface area contributed by atoms with E-state index in [4.69, 9.17) is 16.0 Å². The number of hydrogen-bond donors (Lipinski definition) is 1. The van der Waals surface area contributed by atoms with Crippen molar-refractivity contribution in [1.82, 2.24) is 5.43 Å². The third kappa shape index (κ3) is 4.13. The van der Waals surface area contributed by atoms with Crippen LogP contribution in [0.4, 0.5) is 0 Å². The van der Waals surface area contributed by atoms with Crippen LogP contribution in [0.1, 0.15) is 11.3 Å². The number of benzene rings is 3. The Kier molecular flexibility index (Phi) is 5.22. The number of carbonyl (C=O) groups excluding carboxylic acids is 1. The molecule has 1 amide bonds. The average Bonchev–Trinajstić information content (AvgIpc) is 3.18. The summed E-state index contributed by atoms with van der Waals surface area (Å²) in [6.45, 7) is 0. The molecule has 4 nitrogen and oxygen atoms in total. The van der Waals surface area contributed by atoms with Gasteiger partial charge in [0.25, 0.3) is 0 Å². The molecule has 28 heavy (non-hydrogen) atoms. The third-order valence-corrected chi connectivity index (χ3v) is 4.62. The highest BCUT2D eigenvalue weighted by Crippen LogP contribution is 2.23. The largest absolute Gasteiger partial charge is 0.455 e. The summed E-state index contributed by atoms with van der Waals surface area (Å²) in [7, 11) is 0. The van der Waals surface area contributed by atoms with E-state index in [1.807, 2.05) is 60.7 Å². The second-order valence-corrected chi connectivity index (χ2v) is 6.75. The fourth-order valence-electron chi connectivity index (χ4n) is 3.02. The first-order chi connectivity index (χ1) is 13.7. The van der Waals surface area contributed by atoms with E-state index in [1.54, 1.807) is 18.2 Å². The van der Waals surface area contributed by atoms with Crippen molar-refractivity contribution in [3.8, 4) is 11.3 Å². The zero-order valence-electron chi connectivity index (χ0n) is 14.9. The number of amides is 1. The Balaban J connectivity index is 1.39. The average molecular weight is 389 g/mol. The molecule has 0 aliphatic rings. The first-order valence-electron chi connectivity index (χ1n) is 8.83. The van der Waals surface area contributed by atoms with Gasteiger partial charge in [-0.25, -0.2) is 5.43 Å². The summed E-state index contributed by atoms with van der Waals surface area (Å²) in [5.74, 6) is 1.08. The Morgan fingerprint density at radius 2 is 1.75 bits per heavy atom. The van der Waals surface area contributed by atoms with Crippen molar-refractivity contribution >= 4 is 34.5 Å². The Morgan fingerprint density at radius 3 is 2.61 bits per heavy atom. The van der Waals surface area contributed by atoms with Crippen LogP contribution in [0.5, 0.6) is 0 Å². The molecule has 1 heterocycles. The van der Waals surface area contributed by atoms with E-state index in [9.17, 15) is 4.79 Å². The lowest BCUT2D eigenvalue weighted by molar-refractivity contribution is -0.120. The molecule has 0 fully saturated rings. The molecule has 0 aliphatic heterocycles. The Morgan fingerprint density at radius 1 is 0.964 bits per heavy atom. The van der Waals surface area contributed by atoms with Crippen molar-refractivity contribution in [3.63, 3.8) is 0 Å². The normalized spacial score (nSPS) is 11.2. The number of nitrogens with zero attached hydrogens (tertiary/aromatic N) is 1. The zero-order valence-corrected chi connectivity index (χ0v) is 15.7. The van der Waals surface area contributed by atoms with Gasteiger partial charge < -0.3 is 4.42 Å². The van der Waals surface area contributed by atoms with Gasteiger partial charge in [-0.15, -0.1) is 0 Å². The van der Waals surface area contributed by atoms with Crippen LogP contribution in [0.2, 0.25) is 5.02 Å². The Hall–Kier alpha value is -3.37. The van der Waals surface area contributed by atoms with Crippen LogP contribution >= 0.6 is 11.6 Å². The maximum absolute atomic E-state index is 12.2. The van der Waals surface area contributed by atoms with Crippen LogP contribution in [0, 0.1) is 0 Å². The molecule has 138 valence electrons. The molecule has 0 aliphatic carbocycles. The second kappa shape index (κ2) is 8.11. The maximum atomic E-state index is 12.2. The molecular weight excluding hydrogens is 372 g/mol. The molecule has 0 saturated heterocycles. The van der Waals surface area contributed by atoms with Crippen molar-refractivity contribution in [2.45, 2.75) is 6.42 Å². The van der Waals surface area contributed by atoms with Crippen molar-refractivity contribution in [1.29, 1.82) is 0 Å². The SMILES string of the molecule is O=C(Cc1cccc2ccccc12)N/N=C/c1ccc(-c2ccc(Cl)cc2)o1. The van der Waals surface area contributed by atoms with E-state index in [1.165, 1.54) is 6.21 Å². The molecule has 0 bridgehead atoms. The summed E-state index contributed by atoms with van der Waals surface area (Å²) in [4.78, 5) is 12.2. The highest BCUT2D eigenvalue weighted by Gasteiger charge is 2.07. The number of fused-ring (bicyclic) bond motifs is 1. The molecule has 0 saturated carbocycles. The predicted octanol–water partition coefficient (Wildman–Crippen LogP) is 5.45. The van der Waals surface area contributed by atoms with Gasteiger partial charge in [-0.05, 0) is 52.7 Å². The number of hydrogen-bond acceptors (Lipinski definition) is 3. The van der Waals surface area contributed by atoms with Gasteiger partial charge in [0.2, 0.25) is 5.91 Å². The number of carbonyl (C=O) groups is 1. The van der Waals surface area contributed by atoms with E-state index >= 15 is 0 Å². The van der Waals surface area contributed by atoms with Gasteiger partial charge in [0.05, 0.1) is 12.6 Å². The summed E-state index contributed by atoms with van der Waals surface area (Å²) in [5, 5.41) is 6.86. The van der Waals surface area contributed by atoms with E-state index in [2.05, 4.69) is 10.5 Å². The van der Waals surface area contributed by atoms with Crippen LogP contribution in [-0.4, -0.2) is 12.1 Å². The molecule has 4 rings (SSSR count). The van der Waals surface area contributed by atoms with Crippen molar-refractivity contribution in [2.75, 3.05) is 0 Å². The smallest absolute Gasteiger partial charge is 0.244 e. The molecule has 4 aromatic rings. The fraction of sp³-hybridized carbons (Fsp3) is 0.0435. The van der Waals surface area contributed by atoms with Gasteiger partial charge in [0.15, 0.2) is 0 Å². The molecule has 0 atom stereocenters. The standard InChI is InChI=1S/C23H17ClN2O2/c24-19-10-8-17(9-11-19)22-13-12-20(28-22)15-25-26-23(27)14-18-6-3-5-16-4-1-2-7-21(16)18/h1-13,15H,14H2,(H,26,27)/b25-15+. The number of halogens is 1. The predicted molar refractivity (Wildman–Crippen MR) is 113 cm³/mol. The lowest BCUT2D eigenvalue weighted by atomic mass is 10.0. The lowest BCUT2D eigenvalue weighted by Gasteiger charge is -2.05. The number of furan rings is 1. The van der Waals surface area contributed by atoms with Crippen molar-refractivity contribution < 1.29 is 9.21 Å². The second-order valence-electron chi connectivity index (χ2n) is 6.32. The minimum atomic E-state index is -0.183. The minimum absolute atomic E-state index is 0.183.